The number of amides is 1. The van der Waals surface area contributed by atoms with Crippen LogP contribution in [0.2, 0.25) is 0 Å². The molecule has 26 heavy (non-hydrogen) atoms. The minimum atomic E-state index is -0.376. The second-order valence-corrected chi connectivity index (χ2v) is 6.36. The predicted molar refractivity (Wildman–Crippen MR) is 96.4 cm³/mol. The van der Waals surface area contributed by atoms with Gasteiger partial charge < -0.3 is 4.74 Å². The minimum Gasteiger partial charge on any atom is -0.412 e. The number of ether oxygens (including phenoxy) is 1. The van der Waals surface area contributed by atoms with Gasteiger partial charge in [-0.3, -0.25) is 4.90 Å². The van der Waals surface area contributed by atoms with Crippen molar-refractivity contribution in [3.05, 3.63) is 77.1 Å². The molecule has 1 unspecified atom stereocenters. The molecule has 1 amide bonds. The lowest BCUT2D eigenvalue weighted by Crippen LogP contribution is -2.35. The maximum atomic E-state index is 13.2. The first-order valence-electron chi connectivity index (χ1n) is 8.77. The number of cyclic esters (lactones) is 1. The number of halogens is 2. The lowest BCUT2D eigenvalue weighted by molar-refractivity contribution is 0.164. The average molecular weight is 357 g/mol. The Bertz CT molecular complexity index is 785. The van der Waals surface area contributed by atoms with Crippen LogP contribution in [0.4, 0.5) is 13.6 Å². The number of carbonyl (C=O) groups excluding carboxylic acids is 1. The number of nitrogens with zero attached hydrogens (tertiary/aromatic N) is 1. The Morgan fingerprint density at radius 3 is 2.27 bits per heavy atom. The Hall–Kier alpha value is -2.69. The summed E-state index contributed by atoms with van der Waals surface area (Å²) >= 11 is 0. The fourth-order valence-electron chi connectivity index (χ4n) is 2.99. The van der Waals surface area contributed by atoms with Crippen LogP contribution in [0.25, 0.3) is 6.08 Å². The largest absolute Gasteiger partial charge is 0.415 e. The number of hydrogen-bond acceptors (Lipinski definition) is 2. The summed E-state index contributed by atoms with van der Waals surface area (Å²) in [6.07, 6.45) is 3.75. The van der Waals surface area contributed by atoms with Gasteiger partial charge in [-0.15, -0.1) is 0 Å². The third kappa shape index (κ3) is 4.28. The quantitative estimate of drug-likeness (QED) is 0.714. The van der Waals surface area contributed by atoms with Crippen molar-refractivity contribution in [2.75, 3.05) is 6.54 Å². The monoisotopic (exact) mass is 357 g/mol. The van der Waals surface area contributed by atoms with Gasteiger partial charge in [0.25, 0.3) is 0 Å². The molecular formula is C21H21F2NO2. The molecule has 1 heterocycles. The third-order valence-electron chi connectivity index (χ3n) is 4.42. The maximum Gasteiger partial charge on any atom is 0.415 e. The van der Waals surface area contributed by atoms with E-state index < -0.39 is 0 Å². The third-order valence-corrected chi connectivity index (χ3v) is 4.42. The Morgan fingerprint density at radius 1 is 1.04 bits per heavy atom. The molecule has 0 bridgehead atoms. The summed E-state index contributed by atoms with van der Waals surface area (Å²) in [5, 5.41) is 0. The fourth-order valence-corrected chi connectivity index (χ4v) is 2.99. The van der Waals surface area contributed by atoms with Crippen molar-refractivity contribution in [1.82, 2.24) is 4.90 Å². The Morgan fingerprint density at radius 2 is 1.65 bits per heavy atom. The Balaban J connectivity index is 1.88. The minimum absolute atomic E-state index is 0.260. The molecule has 0 radical (unpaired) electrons. The molecule has 2 aromatic rings. The van der Waals surface area contributed by atoms with Crippen LogP contribution >= 0.6 is 0 Å². The number of benzene rings is 2. The van der Waals surface area contributed by atoms with Crippen LogP contribution in [0.3, 0.4) is 0 Å². The average Bonchev–Trinajstić information content (AvgIpc) is 2.91. The van der Waals surface area contributed by atoms with Crippen molar-refractivity contribution >= 4 is 12.2 Å². The number of carbonyl (C=O) groups is 1. The van der Waals surface area contributed by atoms with Crippen LogP contribution in [0.1, 0.15) is 30.9 Å². The lowest BCUT2D eigenvalue weighted by Gasteiger charge is -2.21. The summed E-state index contributed by atoms with van der Waals surface area (Å²) in [6, 6.07) is 12.0. The van der Waals surface area contributed by atoms with Crippen LogP contribution in [0, 0.1) is 11.6 Å². The molecule has 0 aliphatic carbocycles. The summed E-state index contributed by atoms with van der Waals surface area (Å²) in [6.45, 7) is 2.66. The summed E-state index contributed by atoms with van der Waals surface area (Å²) < 4.78 is 31.8. The highest BCUT2D eigenvalue weighted by Crippen LogP contribution is 2.28. The zero-order chi connectivity index (χ0) is 18.5. The van der Waals surface area contributed by atoms with Crippen molar-refractivity contribution in [1.29, 1.82) is 0 Å². The molecule has 136 valence electrons. The van der Waals surface area contributed by atoms with E-state index in [1.54, 1.807) is 35.2 Å². The second-order valence-electron chi connectivity index (χ2n) is 6.36. The highest BCUT2D eigenvalue weighted by molar-refractivity contribution is 5.75. The molecule has 1 atom stereocenters. The first-order chi connectivity index (χ1) is 12.6. The molecule has 1 aliphatic rings. The summed E-state index contributed by atoms with van der Waals surface area (Å²) in [5.74, 6) is -0.0811. The SMILES string of the molecule is CCCCN1C(=O)O/C(=C\c2ccc(F)cc2)C1Cc1ccc(F)cc1. The van der Waals surface area contributed by atoms with Crippen LogP contribution in [-0.2, 0) is 11.2 Å². The normalized spacial score (nSPS) is 18.4. The fraction of sp³-hybridized carbons (Fsp3) is 0.286. The van der Waals surface area contributed by atoms with Gasteiger partial charge in [0, 0.05) is 13.0 Å². The first kappa shape index (κ1) is 18.1. The highest BCUT2D eigenvalue weighted by Gasteiger charge is 2.37. The van der Waals surface area contributed by atoms with Gasteiger partial charge >= 0.3 is 6.09 Å². The van der Waals surface area contributed by atoms with Crippen molar-refractivity contribution in [3.8, 4) is 0 Å². The van der Waals surface area contributed by atoms with Gasteiger partial charge in [-0.1, -0.05) is 37.6 Å². The van der Waals surface area contributed by atoms with Gasteiger partial charge in [-0.25, -0.2) is 13.6 Å². The molecular weight excluding hydrogens is 336 g/mol. The Labute approximate surface area is 151 Å². The topological polar surface area (TPSA) is 29.5 Å². The van der Waals surface area contributed by atoms with Gasteiger partial charge in [0.1, 0.15) is 17.4 Å². The van der Waals surface area contributed by atoms with Gasteiger partial charge in [0.15, 0.2) is 0 Å². The zero-order valence-corrected chi connectivity index (χ0v) is 14.6. The molecule has 1 saturated heterocycles. The molecule has 1 fully saturated rings. The van der Waals surface area contributed by atoms with Gasteiger partial charge in [0.2, 0.25) is 0 Å². The summed E-state index contributed by atoms with van der Waals surface area (Å²) in [7, 11) is 0. The van der Waals surface area contributed by atoms with Crippen LogP contribution in [-0.4, -0.2) is 23.6 Å². The molecule has 0 spiro atoms. The first-order valence-corrected chi connectivity index (χ1v) is 8.77. The molecule has 0 saturated carbocycles. The highest BCUT2D eigenvalue weighted by atomic mass is 19.1. The van der Waals surface area contributed by atoms with Crippen LogP contribution in [0.15, 0.2) is 54.3 Å². The molecule has 5 heteroatoms. The number of unbranched alkanes of at least 4 members (excludes halogenated alkanes) is 1. The molecule has 3 rings (SSSR count). The second kappa shape index (κ2) is 8.13. The molecule has 0 N–H and O–H groups in total. The maximum absolute atomic E-state index is 13.2. The van der Waals surface area contributed by atoms with E-state index in [2.05, 4.69) is 6.92 Å². The van der Waals surface area contributed by atoms with Crippen molar-refractivity contribution in [3.63, 3.8) is 0 Å². The summed E-state index contributed by atoms with van der Waals surface area (Å²) in [5.41, 5.74) is 1.68. The van der Waals surface area contributed by atoms with Crippen molar-refractivity contribution in [2.24, 2.45) is 0 Å². The van der Waals surface area contributed by atoms with E-state index in [9.17, 15) is 13.6 Å². The van der Waals surface area contributed by atoms with E-state index in [0.29, 0.717) is 18.7 Å². The van der Waals surface area contributed by atoms with Crippen LogP contribution < -0.4 is 0 Å². The van der Waals surface area contributed by atoms with E-state index in [0.717, 1.165) is 24.0 Å². The molecule has 2 aromatic carbocycles. The van der Waals surface area contributed by atoms with Crippen molar-refractivity contribution in [2.45, 2.75) is 32.2 Å². The molecule has 0 aromatic heterocycles. The standard InChI is InChI=1S/C21H21F2NO2/c1-2-3-12-24-19(13-15-4-8-17(22)9-5-15)20(26-21(24)25)14-16-6-10-18(23)11-7-16/h4-11,14,19H,2-3,12-13H2,1H3/b20-14-. The predicted octanol–water partition coefficient (Wildman–Crippen LogP) is 5.17. The number of hydrogen-bond donors (Lipinski definition) is 0. The van der Waals surface area contributed by atoms with Crippen LogP contribution in [0.5, 0.6) is 0 Å². The lowest BCUT2D eigenvalue weighted by atomic mass is 10.0. The van der Waals surface area contributed by atoms with Gasteiger partial charge in [0.05, 0.1) is 6.04 Å². The van der Waals surface area contributed by atoms with Gasteiger partial charge in [-0.05, 0) is 47.9 Å². The van der Waals surface area contributed by atoms with E-state index >= 15 is 0 Å². The van der Waals surface area contributed by atoms with Crippen molar-refractivity contribution < 1.29 is 18.3 Å². The van der Waals surface area contributed by atoms with E-state index in [-0.39, 0.29) is 23.8 Å². The van der Waals surface area contributed by atoms with Gasteiger partial charge in [-0.2, -0.15) is 0 Å². The van der Waals surface area contributed by atoms with E-state index in [4.69, 9.17) is 4.74 Å². The zero-order valence-electron chi connectivity index (χ0n) is 14.6. The Kier molecular flexibility index (Phi) is 5.66. The molecule has 3 nitrogen and oxygen atoms in total. The molecule has 1 aliphatic heterocycles. The smallest absolute Gasteiger partial charge is 0.412 e. The number of rotatable bonds is 6. The van der Waals surface area contributed by atoms with E-state index in [1.165, 1.54) is 24.3 Å². The summed E-state index contributed by atoms with van der Waals surface area (Å²) in [4.78, 5) is 14.0. The van der Waals surface area contributed by atoms with E-state index in [1.807, 2.05) is 0 Å².